The highest BCUT2D eigenvalue weighted by Gasteiger charge is 2.49. The topological polar surface area (TPSA) is 83.4 Å². The van der Waals surface area contributed by atoms with Crippen molar-refractivity contribution in [3.63, 3.8) is 0 Å². The molecule has 7 nitrogen and oxygen atoms in total. The van der Waals surface area contributed by atoms with Gasteiger partial charge < -0.3 is 19.5 Å². The van der Waals surface area contributed by atoms with Crippen LogP contribution in [0.25, 0.3) is 0 Å². The maximum Gasteiger partial charge on any atom is 0.335 e. The van der Waals surface area contributed by atoms with E-state index >= 15 is 0 Å². The Morgan fingerprint density at radius 3 is 2.55 bits per heavy atom. The molecule has 0 amide bonds. The number of likely N-dealkylation sites (tertiary alicyclic amines) is 1. The molecule has 2 aromatic carbocycles. The molecule has 7 heteroatoms. The summed E-state index contributed by atoms with van der Waals surface area (Å²) in [7, 11) is 5.53. The number of likely N-dealkylation sites (N-methyl/N-ethyl adjacent to an activating group) is 1. The summed E-state index contributed by atoms with van der Waals surface area (Å²) < 4.78 is 11.0. The van der Waals surface area contributed by atoms with Crippen molar-refractivity contribution < 1.29 is 19.4 Å². The number of carboxylic acids is 1. The van der Waals surface area contributed by atoms with E-state index in [1.165, 1.54) is 5.56 Å². The van der Waals surface area contributed by atoms with Gasteiger partial charge in [-0.05, 0) is 74.8 Å². The number of carbonyl (C=O) groups is 1. The van der Waals surface area contributed by atoms with Gasteiger partial charge in [-0.2, -0.15) is 5.10 Å². The highest BCUT2D eigenvalue weighted by molar-refractivity contribution is 5.88. The molecule has 0 spiro atoms. The van der Waals surface area contributed by atoms with Crippen LogP contribution >= 0.6 is 0 Å². The Morgan fingerprint density at radius 2 is 1.87 bits per heavy atom. The van der Waals surface area contributed by atoms with E-state index in [0.29, 0.717) is 6.04 Å². The number of fused-ring (bicyclic) bond motifs is 1. The lowest BCUT2D eigenvalue weighted by Crippen LogP contribution is -2.46. The highest BCUT2D eigenvalue weighted by atomic mass is 16.5. The number of rotatable bonds is 6. The minimum Gasteiger partial charge on any atom is -0.493 e. The second-order valence-electron chi connectivity index (χ2n) is 8.35. The second-order valence-corrected chi connectivity index (χ2v) is 8.35. The van der Waals surface area contributed by atoms with E-state index in [4.69, 9.17) is 14.6 Å². The van der Waals surface area contributed by atoms with E-state index in [1.807, 2.05) is 6.07 Å². The number of benzene rings is 2. The zero-order valence-electron chi connectivity index (χ0n) is 18.2. The Labute approximate surface area is 182 Å². The maximum atomic E-state index is 11.0. The molecule has 1 saturated heterocycles. The highest BCUT2D eigenvalue weighted by Crippen LogP contribution is 2.49. The third-order valence-corrected chi connectivity index (χ3v) is 6.80. The standard InChI is InChI=1S/C24H29N3O4/c1-27-13-12-24(17-6-9-20(30-2)21(14-17)31-3)11-10-19(15-22(24)27)26-25-18-7-4-16(5-8-18)23(28)29/h4-9,14,22,25H,10-13,15H2,1-3H3,(H,28,29)/b26-19+/t22-,24-/m0/s1. The number of methoxy groups -OCH3 is 2. The predicted octanol–water partition coefficient (Wildman–Crippen LogP) is 4.00. The van der Waals surface area contributed by atoms with E-state index in [0.717, 1.165) is 55.1 Å². The summed E-state index contributed by atoms with van der Waals surface area (Å²) >= 11 is 0. The summed E-state index contributed by atoms with van der Waals surface area (Å²) in [5.74, 6) is 0.594. The molecule has 2 fully saturated rings. The smallest absolute Gasteiger partial charge is 0.335 e. The predicted molar refractivity (Wildman–Crippen MR) is 121 cm³/mol. The number of aromatic carboxylic acids is 1. The fourth-order valence-corrected chi connectivity index (χ4v) is 5.02. The van der Waals surface area contributed by atoms with Gasteiger partial charge in [-0.3, -0.25) is 5.43 Å². The van der Waals surface area contributed by atoms with Crippen molar-refractivity contribution in [3.05, 3.63) is 53.6 Å². The molecular weight excluding hydrogens is 394 g/mol. The lowest BCUT2D eigenvalue weighted by atomic mass is 9.65. The van der Waals surface area contributed by atoms with E-state index in [-0.39, 0.29) is 11.0 Å². The largest absolute Gasteiger partial charge is 0.493 e. The first kappa shape index (κ1) is 21.2. The van der Waals surface area contributed by atoms with Crippen LogP contribution in [0.15, 0.2) is 47.6 Å². The first-order chi connectivity index (χ1) is 15.0. The lowest BCUT2D eigenvalue weighted by molar-refractivity contribution is 0.0697. The molecule has 2 aromatic rings. The normalized spacial score (nSPS) is 24.6. The van der Waals surface area contributed by atoms with Crippen molar-refractivity contribution >= 4 is 17.4 Å². The Kier molecular flexibility index (Phi) is 5.87. The molecule has 2 N–H and O–H groups in total. The lowest BCUT2D eigenvalue weighted by Gasteiger charge is -2.42. The Bertz CT molecular complexity index is 989. The van der Waals surface area contributed by atoms with Crippen molar-refractivity contribution in [2.75, 3.05) is 33.2 Å². The molecule has 1 aliphatic carbocycles. The van der Waals surface area contributed by atoms with Crippen molar-refractivity contribution in [2.24, 2.45) is 5.10 Å². The zero-order valence-corrected chi connectivity index (χ0v) is 18.2. The van der Waals surface area contributed by atoms with Gasteiger partial charge in [0.25, 0.3) is 0 Å². The Hall–Kier alpha value is -3.06. The first-order valence-electron chi connectivity index (χ1n) is 10.5. The van der Waals surface area contributed by atoms with Gasteiger partial charge in [-0.1, -0.05) is 6.07 Å². The van der Waals surface area contributed by atoms with E-state index in [9.17, 15) is 4.79 Å². The maximum absolute atomic E-state index is 11.0. The molecule has 1 saturated carbocycles. The van der Waals surface area contributed by atoms with Gasteiger partial charge in [0.1, 0.15) is 0 Å². The van der Waals surface area contributed by atoms with E-state index in [1.54, 1.807) is 38.5 Å². The van der Waals surface area contributed by atoms with Crippen LogP contribution in [0.1, 0.15) is 41.6 Å². The number of nitrogens with one attached hydrogen (secondary N) is 1. The number of hydrazone groups is 1. The molecule has 2 atom stereocenters. The summed E-state index contributed by atoms with van der Waals surface area (Å²) in [6.45, 7) is 1.05. The van der Waals surface area contributed by atoms with Crippen LogP contribution in [0.5, 0.6) is 11.5 Å². The number of hydrogen-bond acceptors (Lipinski definition) is 6. The molecule has 2 aliphatic rings. The number of ether oxygens (including phenoxy) is 2. The molecule has 0 bridgehead atoms. The number of anilines is 1. The van der Waals surface area contributed by atoms with Gasteiger partial charge in [0.15, 0.2) is 11.5 Å². The first-order valence-corrected chi connectivity index (χ1v) is 10.5. The van der Waals surface area contributed by atoms with Crippen LogP contribution < -0.4 is 14.9 Å². The summed E-state index contributed by atoms with van der Waals surface area (Å²) in [6.07, 6.45) is 3.95. The molecule has 0 unspecified atom stereocenters. The third-order valence-electron chi connectivity index (χ3n) is 6.80. The molecule has 1 heterocycles. The van der Waals surface area contributed by atoms with Gasteiger partial charge in [0.2, 0.25) is 0 Å². The quantitative estimate of drug-likeness (QED) is 0.684. The fraction of sp³-hybridized carbons (Fsp3) is 0.417. The van der Waals surface area contributed by atoms with Crippen LogP contribution in [0.2, 0.25) is 0 Å². The molecule has 0 aromatic heterocycles. The molecule has 1 aliphatic heterocycles. The van der Waals surface area contributed by atoms with E-state index < -0.39 is 5.97 Å². The van der Waals surface area contributed by atoms with Crippen molar-refractivity contribution in [1.29, 1.82) is 0 Å². The van der Waals surface area contributed by atoms with Gasteiger partial charge in [0.05, 0.1) is 25.5 Å². The molecule has 4 rings (SSSR count). The third kappa shape index (κ3) is 3.97. The Balaban J connectivity index is 1.54. The van der Waals surface area contributed by atoms with E-state index in [2.05, 4.69) is 34.6 Å². The molecule has 0 radical (unpaired) electrons. The van der Waals surface area contributed by atoms with Crippen molar-refractivity contribution in [2.45, 2.75) is 37.1 Å². The summed E-state index contributed by atoms with van der Waals surface area (Å²) in [5.41, 5.74) is 6.67. The minimum absolute atomic E-state index is 0.0798. The number of hydrogen-bond donors (Lipinski definition) is 2. The fourth-order valence-electron chi connectivity index (χ4n) is 5.02. The van der Waals surface area contributed by atoms with Crippen LogP contribution in [0.4, 0.5) is 5.69 Å². The number of carboxylic acid groups (broad SMARTS) is 1. The average Bonchev–Trinajstić information content (AvgIpc) is 3.14. The monoisotopic (exact) mass is 423 g/mol. The minimum atomic E-state index is -0.930. The van der Waals surface area contributed by atoms with Gasteiger partial charge in [0, 0.05) is 23.6 Å². The second kappa shape index (κ2) is 8.59. The summed E-state index contributed by atoms with van der Waals surface area (Å²) in [4.78, 5) is 13.4. The van der Waals surface area contributed by atoms with Crippen LogP contribution in [-0.2, 0) is 5.41 Å². The van der Waals surface area contributed by atoms with Gasteiger partial charge in [-0.25, -0.2) is 4.79 Å². The summed E-state index contributed by atoms with van der Waals surface area (Å²) in [5, 5.41) is 13.7. The SMILES string of the molecule is COc1ccc([C@@]23CC/C(=N\Nc4ccc(C(=O)O)cc4)C[C@@H]2N(C)CC3)cc1OC. The van der Waals surface area contributed by atoms with Crippen LogP contribution in [0, 0.1) is 0 Å². The zero-order chi connectivity index (χ0) is 22.0. The Morgan fingerprint density at radius 1 is 1.13 bits per heavy atom. The van der Waals surface area contributed by atoms with Crippen molar-refractivity contribution in [1.82, 2.24) is 4.90 Å². The van der Waals surface area contributed by atoms with Crippen molar-refractivity contribution in [3.8, 4) is 11.5 Å². The van der Waals surface area contributed by atoms with Gasteiger partial charge in [-0.15, -0.1) is 0 Å². The average molecular weight is 424 g/mol. The van der Waals surface area contributed by atoms with Crippen LogP contribution in [-0.4, -0.2) is 55.5 Å². The number of nitrogens with zero attached hydrogens (tertiary/aromatic N) is 2. The molecule has 31 heavy (non-hydrogen) atoms. The van der Waals surface area contributed by atoms with Gasteiger partial charge >= 0.3 is 5.97 Å². The molecule has 164 valence electrons. The summed E-state index contributed by atoms with van der Waals surface area (Å²) in [6, 6.07) is 13.3. The van der Waals surface area contributed by atoms with Crippen LogP contribution in [0.3, 0.4) is 0 Å². The molecular formula is C24H29N3O4.